The van der Waals surface area contributed by atoms with Crippen molar-refractivity contribution < 1.29 is 36.6 Å². The van der Waals surface area contributed by atoms with Crippen LogP contribution in [-0.2, 0) is 21.9 Å². The van der Waals surface area contributed by atoms with Crippen LogP contribution in [0.5, 0.6) is 0 Å². The molecular formula is C15H8CuO4. The van der Waals surface area contributed by atoms with E-state index in [-0.39, 0.29) is 28.6 Å². The number of ketones is 2. The van der Waals surface area contributed by atoms with E-state index in [1.54, 1.807) is 42.5 Å². The second-order valence-corrected chi connectivity index (χ2v) is 3.77. The number of carbonyl (C=O) groups excluding carboxylic acids is 2. The number of carbonyl (C=O) groups is 2. The van der Waals surface area contributed by atoms with Gasteiger partial charge in [-0.2, -0.15) is 24.3 Å². The summed E-state index contributed by atoms with van der Waals surface area (Å²) < 4.78 is 0. The van der Waals surface area contributed by atoms with Crippen LogP contribution in [0.15, 0.2) is 42.5 Å². The summed E-state index contributed by atoms with van der Waals surface area (Å²) in [6.45, 7) is 0.500. The maximum atomic E-state index is 12.1. The van der Waals surface area contributed by atoms with E-state index in [2.05, 4.69) is 6.07 Å². The van der Waals surface area contributed by atoms with Crippen LogP contribution < -0.4 is 0 Å². The minimum atomic E-state index is -0.0953. The fourth-order valence-corrected chi connectivity index (χ4v) is 1.99. The Labute approximate surface area is 125 Å². The Morgan fingerprint density at radius 3 is 1.90 bits per heavy atom. The second kappa shape index (κ2) is 6.80. The first-order chi connectivity index (χ1) is 9.20. The Balaban J connectivity index is 0.000000462. The molecule has 0 aromatic heterocycles. The molecule has 0 atom stereocenters. The molecule has 1 N–H and O–H groups in total. The summed E-state index contributed by atoms with van der Waals surface area (Å²) in [6.07, 6.45) is 0. The minimum Gasteiger partial charge on any atom is -0.665 e. The standard InChI is InChI=1S/C14H7O2.CHO2.Cu/c15-13-9-5-1-2-6-10(9)14(16)12-8-4-3-7-11(12)13;2-1-3;/h1-3,5-8H;(H,2,3);/q2*-1;+2. The average Bonchev–Trinajstić information content (AvgIpc) is 2.46. The van der Waals surface area contributed by atoms with Gasteiger partial charge in [0, 0.05) is 11.1 Å². The normalized spacial score (nSPS) is 11.2. The molecule has 0 unspecified atom stereocenters. The number of aliphatic hydroxyl groups excluding tert-OH is 1. The molecule has 1 radical (unpaired) electrons. The molecule has 1 aliphatic rings. The summed E-state index contributed by atoms with van der Waals surface area (Å²) >= 11 is 0. The molecule has 1 aliphatic carbocycles. The molecule has 0 saturated carbocycles. The summed E-state index contributed by atoms with van der Waals surface area (Å²) in [5.41, 5.74) is 1.90. The number of benzene rings is 2. The third-order valence-electron chi connectivity index (χ3n) is 2.77. The summed E-state index contributed by atoms with van der Waals surface area (Å²) in [5, 5.41) is 6.76. The third-order valence-corrected chi connectivity index (χ3v) is 2.77. The molecule has 0 fully saturated rings. The summed E-state index contributed by atoms with van der Waals surface area (Å²) in [5.74, 6) is -0.179. The first-order valence-corrected chi connectivity index (χ1v) is 5.40. The van der Waals surface area contributed by atoms with Gasteiger partial charge in [0.25, 0.3) is 0 Å². The molecule has 103 valence electrons. The van der Waals surface area contributed by atoms with E-state index in [9.17, 15) is 9.59 Å². The van der Waals surface area contributed by atoms with Crippen molar-refractivity contribution in [2.45, 2.75) is 0 Å². The van der Waals surface area contributed by atoms with Crippen molar-refractivity contribution in [3.8, 4) is 0 Å². The Morgan fingerprint density at radius 1 is 0.900 bits per heavy atom. The summed E-state index contributed by atoms with van der Waals surface area (Å²) in [4.78, 5) is 32.4. The SMILES string of the molecule is O=C1c2c[c-]ccc2C(=O)c2ccccc21.O=[C-]O.[Cu+2]. The van der Waals surface area contributed by atoms with Crippen molar-refractivity contribution in [2.24, 2.45) is 0 Å². The van der Waals surface area contributed by atoms with E-state index in [1.807, 2.05) is 0 Å². The zero-order valence-corrected chi connectivity index (χ0v) is 11.0. The predicted molar refractivity (Wildman–Crippen MR) is 66.9 cm³/mol. The molecule has 0 bridgehead atoms. The number of hydrogen-bond donors (Lipinski definition) is 1. The largest absolute Gasteiger partial charge is 2.00 e. The molecule has 5 heteroatoms. The van der Waals surface area contributed by atoms with E-state index in [4.69, 9.17) is 9.90 Å². The van der Waals surface area contributed by atoms with Gasteiger partial charge in [0.2, 0.25) is 0 Å². The van der Waals surface area contributed by atoms with Crippen LogP contribution in [0.1, 0.15) is 31.8 Å². The van der Waals surface area contributed by atoms with E-state index in [1.165, 1.54) is 0 Å². The smallest absolute Gasteiger partial charge is 0.665 e. The topological polar surface area (TPSA) is 71.4 Å². The molecule has 3 rings (SSSR count). The number of rotatable bonds is 0. The Kier molecular flexibility index (Phi) is 5.38. The number of fused-ring (bicyclic) bond motifs is 2. The molecule has 2 aromatic carbocycles. The molecule has 0 aliphatic heterocycles. The van der Waals surface area contributed by atoms with Crippen LogP contribution in [0.25, 0.3) is 0 Å². The van der Waals surface area contributed by atoms with Crippen molar-refractivity contribution in [2.75, 3.05) is 0 Å². The van der Waals surface area contributed by atoms with Crippen molar-refractivity contribution in [1.82, 2.24) is 0 Å². The van der Waals surface area contributed by atoms with Gasteiger partial charge in [-0.05, 0) is 0 Å². The van der Waals surface area contributed by atoms with Crippen LogP contribution >= 0.6 is 0 Å². The van der Waals surface area contributed by atoms with Gasteiger partial charge in [-0.15, -0.1) is 0 Å². The van der Waals surface area contributed by atoms with E-state index >= 15 is 0 Å². The zero-order valence-electron chi connectivity index (χ0n) is 10.0. The Bertz CT molecular complexity index is 559. The van der Waals surface area contributed by atoms with Crippen LogP contribution in [-0.4, -0.2) is 23.1 Å². The molecule has 0 heterocycles. The monoisotopic (exact) mass is 315 g/mol. The molecule has 2 aromatic rings. The third kappa shape index (κ3) is 2.69. The van der Waals surface area contributed by atoms with Crippen molar-refractivity contribution in [1.29, 1.82) is 0 Å². The van der Waals surface area contributed by atoms with Crippen molar-refractivity contribution in [3.05, 3.63) is 70.8 Å². The van der Waals surface area contributed by atoms with Crippen LogP contribution in [0.3, 0.4) is 0 Å². The fraction of sp³-hybridized carbons (Fsp3) is 0. The average molecular weight is 316 g/mol. The van der Waals surface area contributed by atoms with E-state index in [0.717, 1.165) is 0 Å². The number of hydrogen-bond acceptors (Lipinski definition) is 3. The zero-order chi connectivity index (χ0) is 13.8. The van der Waals surface area contributed by atoms with Gasteiger partial charge in [0.15, 0.2) is 5.78 Å². The first-order valence-electron chi connectivity index (χ1n) is 5.40. The minimum absolute atomic E-state index is 0. The molecule has 0 saturated heterocycles. The van der Waals surface area contributed by atoms with E-state index < -0.39 is 0 Å². The van der Waals surface area contributed by atoms with Crippen LogP contribution in [0.4, 0.5) is 0 Å². The molecule has 0 amide bonds. The quantitative estimate of drug-likeness (QED) is 0.508. The van der Waals surface area contributed by atoms with Crippen LogP contribution in [0.2, 0.25) is 0 Å². The van der Waals surface area contributed by atoms with Crippen LogP contribution in [0, 0.1) is 6.07 Å². The first kappa shape index (κ1) is 15.8. The van der Waals surface area contributed by atoms with E-state index in [0.29, 0.717) is 28.7 Å². The van der Waals surface area contributed by atoms with Gasteiger partial charge in [-0.3, -0.25) is 4.79 Å². The molecule has 20 heavy (non-hydrogen) atoms. The van der Waals surface area contributed by atoms with Gasteiger partial charge < -0.3 is 14.7 Å². The maximum Gasteiger partial charge on any atom is 2.00 e. The summed E-state index contributed by atoms with van der Waals surface area (Å²) in [6, 6.07) is 14.6. The van der Waals surface area contributed by atoms with Gasteiger partial charge in [-0.1, -0.05) is 41.9 Å². The second-order valence-electron chi connectivity index (χ2n) is 3.77. The Morgan fingerprint density at radius 2 is 1.35 bits per heavy atom. The molecule has 4 nitrogen and oxygen atoms in total. The van der Waals surface area contributed by atoms with Crippen molar-refractivity contribution >= 4 is 18.0 Å². The predicted octanol–water partition coefficient (Wildman–Crippen LogP) is 1.87. The molecular weight excluding hydrogens is 308 g/mol. The van der Waals surface area contributed by atoms with Gasteiger partial charge in [0.1, 0.15) is 5.78 Å². The maximum absolute atomic E-state index is 12.1. The fourth-order valence-electron chi connectivity index (χ4n) is 1.99. The molecule has 0 spiro atoms. The summed E-state index contributed by atoms with van der Waals surface area (Å²) in [7, 11) is 0. The van der Waals surface area contributed by atoms with Gasteiger partial charge in [-0.25, -0.2) is 0 Å². The van der Waals surface area contributed by atoms with Gasteiger partial charge >= 0.3 is 17.1 Å². The van der Waals surface area contributed by atoms with Gasteiger partial charge in [0.05, 0.1) is 0 Å². The van der Waals surface area contributed by atoms with Crippen molar-refractivity contribution in [3.63, 3.8) is 0 Å². The Hall–Kier alpha value is -2.23.